The van der Waals surface area contributed by atoms with E-state index in [1.54, 1.807) is 13.8 Å². The molecule has 1 unspecified atom stereocenters. The van der Waals surface area contributed by atoms with E-state index >= 15 is 0 Å². The van der Waals surface area contributed by atoms with Gasteiger partial charge in [-0.2, -0.15) is 26.3 Å². The van der Waals surface area contributed by atoms with Crippen LogP contribution < -0.4 is 0 Å². The highest BCUT2D eigenvalue weighted by Crippen LogP contribution is 2.45. The van der Waals surface area contributed by atoms with Crippen LogP contribution in [0.2, 0.25) is 0 Å². The lowest BCUT2D eigenvalue weighted by Crippen LogP contribution is -2.58. The Morgan fingerprint density at radius 2 is 1.50 bits per heavy atom. The molecule has 1 atom stereocenters. The van der Waals surface area contributed by atoms with Crippen molar-refractivity contribution in [2.45, 2.75) is 98.8 Å². The molecule has 0 aromatic heterocycles. The van der Waals surface area contributed by atoms with Crippen LogP contribution >= 0.6 is 22.6 Å². The first-order valence-corrected chi connectivity index (χ1v) is 11.5. The number of aliphatic hydroxyl groups is 1. The van der Waals surface area contributed by atoms with Crippen LogP contribution in [-0.4, -0.2) is 62.7 Å². The Morgan fingerprint density at radius 1 is 1.00 bits per heavy atom. The van der Waals surface area contributed by atoms with Crippen molar-refractivity contribution in [1.82, 2.24) is 0 Å². The molecule has 0 aromatic rings. The standard InChI is InChI=1S/C20H27F6IO7/c1-4-16(3,27)15(30)33-12-6-8-17(5-2,9-7-12)34-14(29)11-32-13(28)10-18(31,19(21,22)23)20(24,25)26/h12,31H,4-11H2,1-3H3. The van der Waals surface area contributed by atoms with Crippen LogP contribution in [0.4, 0.5) is 26.3 Å². The molecule has 0 amide bonds. The number of halogens is 7. The van der Waals surface area contributed by atoms with Gasteiger partial charge < -0.3 is 19.3 Å². The van der Waals surface area contributed by atoms with Gasteiger partial charge in [0.2, 0.25) is 0 Å². The largest absolute Gasteiger partial charge is 0.461 e. The molecule has 0 spiro atoms. The summed E-state index contributed by atoms with van der Waals surface area (Å²) < 4.78 is 90.3. The van der Waals surface area contributed by atoms with Crippen LogP contribution in [0.15, 0.2) is 0 Å². The Kier molecular flexibility index (Phi) is 10.1. The first-order chi connectivity index (χ1) is 15.3. The third kappa shape index (κ3) is 7.59. The molecule has 1 N–H and O–H groups in total. The van der Waals surface area contributed by atoms with Crippen molar-refractivity contribution < 1.29 is 60.0 Å². The smallest absolute Gasteiger partial charge is 0.426 e. The quantitative estimate of drug-likeness (QED) is 0.133. The summed E-state index contributed by atoms with van der Waals surface area (Å²) >= 11 is 2.00. The van der Waals surface area contributed by atoms with Crippen molar-refractivity contribution in [2.24, 2.45) is 0 Å². The molecule has 14 heteroatoms. The highest BCUT2D eigenvalue weighted by Gasteiger charge is 2.71. The zero-order chi connectivity index (χ0) is 26.6. The van der Waals surface area contributed by atoms with Crippen molar-refractivity contribution in [2.75, 3.05) is 6.61 Å². The molecule has 1 aliphatic carbocycles. The molecule has 34 heavy (non-hydrogen) atoms. The maximum atomic E-state index is 12.7. The fourth-order valence-electron chi connectivity index (χ4n) is 3.21. The lowest BCUT2D eigenvalue weighted by molar-refractivity contribution is -0.368. The van der Waals surface area contributed by atoms with E-state index in [-0.39, 0.29) is 18.8 Å². The molecular formula is C20H27F6IO7. The predicted molar refractivity (Wildman–Crippen MR) is 113 cm³/mol. The summed E-state index contributed by atoms with van der Waals surface area (Å²) in [5, 5.41) is 9.01. The number of hydrogen-bond acceptors (Lipinski definition) is 7. The van der Waals surface area contributed by atoms with Crippen LogP contribution in [-0.2, 0) is 28.6 Å². The van der Waals surface area contributed by atoms with Gasteiger partial charge in [0, 0.05) is 0 Å². The zero-order valence-electron chi connectivity index (χ0n) is 18.8. The molecule has 1 rings (SSSR count). The minimum absolute atomic E-state index is 0.285. The van der Waals surface area contributed by atoms with Crippen LogP contribution in [0.1, 0.15) is 65.7 Å². The van der Waals surface area contributed by atoms with Crippen molar-refractivity contribution in [3.8, 4) is 0 Å². The van der Waals surface area contributed by atoms with E-state index in [1.807, 2.05) is 29.5 Å². The van der Waals surface area contributed by atoms with E-state index in [9.17, 15) is 40.7 Å². The third-order valence-electron chi connectivity index (χ3n) is 5.87. The second kappa shape index (κ2) is 11.2. The maximum Gasteiger partial charge on any atom is 0.426 e. The second-order valence-electron chi connectivity index (χ2n) is 8.36. The molecule has 7 nitrogen and oxygen atoms in total. The first kappa shape index (κ1) is 30.7. The summed E-state index contributed by atoms with van der Waals surface area (Å²) in [6.07, 6.45) is -13.0. The fraction of sp³-hybridized carbons (Fsp3) is 0.850. The van der Waals surface area contributed by atoms with Crippen molar-refractivity contribution in [3.05, 3.63) is 0 Å². The summed E-state index contributed by atoms with van der Waals surface area (Å²) in [6.45, 7) is 4.06. The van der Waals surface area contributed by atoms with Crippen molar-refractivity contribution >= 4 is 40.5 Å². The minimum Gasteiger partial charge on any atom is -0.461 e. The van der Waals surface area contributed by atoms with Gasteiger partial charge in [-0.15, -0.1) is 0 Å². The Balaban J connectivity index is 2.64. The predicted octanol–water partition coefficient (Wildman–Crippen LogP) is 4.56. The lowest BCUT2D eigenvalue weighted by atomic mass is 9.81. The Morgan fingerprint density at radius 3 is 1.91 bits per heavy atom. The van der Waals surface area contributed by atoms with Crippen molar-refractivity contribution in [3.63, 3.8) is 0 Å². The number of esters is 3. The van der Waals surface area contributed by atoms with Gasteiger partial charge in [0.1, 0.15) is 15.1 Å². The number of alkyl halides is 7. The molecule has 1 saturated carbocycles. The summed E-state index contributed by atoms with van der Waals surface area (Å²) in [6, 6.07) is 0. The van der Waals surface area contributed by atoms with E-state index in [0.717, 1.165) is 0 Å². The monoisotopic (exact) mass is 620 g/mol. The number of hydrogen-bond donors (Lipinski definition) is 1. The summed E-state index contributed by atoms with van der Waals surface area (Å²) in [5.41, 5.74) is -6.32. The van der Waals surface area contributed by atoms with Crippen LogP contribution in [0.3, 0.4) is 0 Å². The molecule has 1 fully saturated rings. The van der Waals surface area contributed by atoms with Crippen LogP contribution in [0, 0.1) is 0 Å². The Labute approximate surface area is 206 Å². The fourth-order valence-corrected chi connectivity index (χ4v) is 3.34. The van der Waals surface area contributed by atoms with E-state index in [4.69, 9.17) is 14.6 Å². The molecule has 0 radical (unpaired) electrons. The normalized spacial score (nSPS) is 23.6. The minimum atomic E-state index is -6.19. The average Bonchev–Trinajstić information content (AvgIpc) is 2.72. The topological polar surface area (TPSA) is 99.1 Å². The number of carbonyl (C=O) groups is 3. The van der Waals surface area contributed by atoms with Gasteiger partial charge in [-0.25, -0.2) is 4.79 Å². The van der Waals surface area contributed by atoms with Gasteiger partial charge in [-0.05, 0) is 45.4 Å². The molecule has 0 bridgehead atoms. The first-order valence-electron chi connectivity index (χ1n) is 10.5. The molecule has 1 aliphatic rings. The summed E-state index contributed by atoms with van der Waals surface area (Å²) in [4.78, 5) is 35.8. The summed E-state index contributed by atoms with van der Waals surface area (Å²) in [5.74, 6) is -3.61. The summed E-state index contributed by atoms with van der Waals surface area (Å²) in [7, 11) is 0. The molecule has 0 heterocycles. The van der Waals surface area contributed by atoms with Crippen molar-refractivity contribution in [1.29, 1.82) is 0 Å². The van der Waals surface area contributed by atoms with E-state index < -0.39 is 58.0 Å². The number of carbonyl (C=O) groups excluding carboxylic acids is 3. The van der Waals surface area contributed by atoms with Crippen LogP contribution in [0.5, 0.6) is 0 Å². The van der Waals surface area contributed by atoms with Gasteiger partial charge in [-0.3, -0.25) is 9.59 Å². The van der Waals surface area contributed by atoms with E-state index in [1.165, 1.54) is 0 Å². The highest BCUT2D eigenvalue weighted by molar-refractivity contribution is 14.1. The molecule has 198 valence electrons. The van der Waals surface area contributed by atoms with Gasteiger partial charge in [-0.1, -0.05) is 36.4 Å². The van der Waals surface area contributed by atoms with Gasteiger partial charge >= 0.3 is 30.3 Å². The molecular weight excluding hydrogens is 593 g/mol. The number of ether oxygens (including phenoxy) is 3. The lowest BCUT2D eigenvalue weighted by Gasteiger charge is -2.39. The zero-order valence-corrected chi connectivity index (χ0v) is 20.9. The van der Waals surface area contributed by atoms with Gasteiger partial charge in [0.25, 0.3) is 5.60 Å². The van der Waals surface area contributed by atoms with Gasteiger partial charge in [0.05, 0.1) is 6.42 Å². The van der Waals surface area contributed by atoms with Crippen LogP contribution in [0.25, 0.3) is 0 Å². The maximum absolute atomic E-state index is 12.7. The third-order valence-corrected chi connectivity index (χ3v) is 7.07. The second-order valence-corrected chi connectivity index (χ2v) is 10.7. The highest BCUT2D eigenvalue weighted by atomic mass is 127. The Hall–Kier alpha value is -1.32. The molecule has 0 aliphatic heterocycles. The molecule has 0 aromatic carbocycles. The molecule has 0 saturated heterocycles. The van der Waals surface area contributed by atoms with Gasteiger partial charge in [0.15, 0.2) is 6.61 Å². The SMILES string of the molecule is CCC1(OC(=O)COC(=O)CC(O)(C(F)(F)F)C(F)(F)F)CCC(OC(=O)C(C)(I)CC)CC1. The van der Waals surface area contributed by atoms with E-state index in [0.29, 0.717) is 25.7 Å². The van der Waals surface area contributed by atoms with E-state index in [2.05, 4.69) is 4.74 Å². The number of rotatable bonds is 9. The average molecular weight is 620 g/mol. The Bertz CT molecular complexity index is 729.